The molecule has 0 aliphatic carbocycles. The number of rotatable bonds is 0. The minimum atomic E-state index is -0.183. The first-order chi connectivity index (χ1) is 6.36. The number of hydrogen-bond donors (Lipinski definition) is 3. The molecular weight excluding hydrogens is 172 g/mol. The van der Waals surface area contributed by atoms with Gasteiger partial charge in [-0.3, -0.25) is 5.43 Å². The summed E-state index contributed by atoms with van der Waals surface area (Å²) in [4.78, 5) is 11.4. The molecule has 7 nitrogen and oxygen atoms in total. The van der Waals surface area contributed by atoms with Crippen molar-refractivity contribution in [2.24, 2.45) is 0 Å². The maximum Gasteiger partial charge on any atom is 0.329 e. The molecule has 2 aliphatic heterocycles. The van der Waals surface area contributed by atoms with Crippen LogP contribution in [-0.4, -0.2) is 33.5 Å². The number of aromatic nitrogens is 3. The van der Waals surface area contributed by atoms with Crippen molar-refractivity contribution < 1.29 is 4.79 Å². The van der Waals surface area contributed by atoms with Crippen LogP contribution in [0.2, 0.25) is 0 Å². The minimum absolute atomic E-state index is 0.0656. The van der Waals surface area contributed by atoms with Gasteiger partial charge in [0.05, 0.1) is 5.92 Å². The van der Waals surface area contributed by atoms with Crippen LogP contribution in [0.5, 0.6) is 0 Å². The fraction of sp³-hybridized carbons (Fsp3) is 0.500. The fourth-order valence-electron chi connectivity index (χ4n) is 1.73. The largest absolute Gasteiger partial charge is 0.329 e. The van der Waals surface area contributed by atoms with E-state index in [-0.39, 0.29) is 18.1 Å². The van der Waals surface area contributed by atoms with Crippen molar-refractivity contribution in [3.8, 4) is 0 Å². The lowest BCUT2D eigenvalue weighted by atomic mass is 10.1. The second-order valence-corrected chi connectivity index (χ2v) is 3.12. The Hall–Kier alpha value is -1.47. The molecule has 2 aliphatic rings. The number of nitrogens with zero attached hydrogens (tertiary/aromatic N) is 3. The summed E-state index contributed by atoms with van der Waals surface area (Å²) in [5.41, 5.74) is 5.93. The van der Waals surface area contributed by atoms with E-state index in [9.17, 15) is 4.79 Å². The molecule has 1 aromatic heterocycles. The lowest BCUT2D eigenvalue weighted by Gasteiger charge is -2.24. The van der Waals surface area contributed by atoms with Gasteiger partial charge in [-0.1, -0.05) is 0 Å². The summed E-state index contributed by atoms with van der Waals surface area (Å²) in [5.74, 6) is 0.881. The number of hydrazine groups is 1. The maximum atomic E-state index is 11.4. The van der Waals surface area contributed by atoms with E-state index in [0.717, 1.165) is 6.54 Å². The third kappa shape index (κ3) is 0.822. The molecule has 3 rings (SSSR count). The highest BCUT2D eigenvalue weighted by Crippen LogP contribution is 2.21. The van der Waals surface area contributed by atoms with E-state index in [1.54, 1.807) is 0 Å². The highest BCUT2D eigenvalue weighted by atomic mass is 16.2. The molecule has 3 N–H and O–H groups in total. The molecule has 1 fully saturated rings. The summed E-state index contributed by atoms with van der Waals surface area (Å²) >= 11 is 0. The number of carbonyl (C=O) groups excluding carboxylic acids is 1. The second-order valence-electron chi connectivity index (χ2n) is 3.12. The summed E-state index contributed by atoms with van der Waals surface area (Å²) in [6, 6.07) is -0.183. The van der Waals surface area contributed by atoms with Gasteiger partial charge < -0.3 is 5.32 Å². The fourth-order valence-corrected chi connectivity index (χ4v) is 1.73. The predicted molar refractivity (Wildman–Crippen MR) is 41.6 cm³/mol. The molecule has 68 valence electrons. The van der Waals surface area contributed by atoms with E-state index in [0.29, 0.717) is 5.82 Å². The predicted octanol–water partition coefficient (Wildman–Crippen LogP) is -1.63. The van der Waals surface area contributed by atoms with Crippen molar-refractivity contribution in [3.05, 3.63) is 12.2 Å². The first-order valence-corrected chi connectivity index (χ1v) is 4.05. The Balaban J connectivity index is 2.12. The van der Waals surface area contributed by atoms with Crippen LogP contribution in [0.15, 0.2) is 6.33 Å². The van der Waals surface area contributed by atoms with Crippen molar-refractivity contribution >= 4 is 6.03 Å². The van der Waals surface area contributed by atoms with E-state index in [2.05, 4.69) is 26.4 Å². The van der Waals surface area contributed by atoms with Crippen LogP contribution >= 0.6 is 0 Å². The highest BCUT2D eigenvalue weighted by molar-refractivity contribution is 5.78. The number of nitrogens with one attached hydrogen (secondary N) is 3. The van der Waals surface area contributed by atoms with Crippen LogP contribution in [0.25, 0.3) is 0 Å². The molecule has 0 spiro atoms. The van der Waals surface area contributed by atoms with Crippen molar-refractivity contribution in [2.75, 3.05) is 6.54 Å². The van der Waals surface area contributed by atoms with Crippen LogP contribution in [0.4, 0.5) is 4.79 Å². The van der Waals surface area contributed by atoms with Crippen LogP contribution in [-0.2, 0) is 0 Å². The summed E-state index contributed by atoms with van der Waals surface area (Å²) in [6.07, 6.45) is 1.36. The van der Waals surface area contributed by atoms with Crippen molar-refractivity contribution in [1.29, 1.82) is 0 Å². The van der Waals surface area contributed by atoms with Gasteiger partial charge in [0.15, 0.2) is 0 Å². The second kappa shape index (κ2) is 2.27. The maximum absolute atomic E-state index is 11.4. The number of carbonyl (C=O) groups is 1. The van der Waals surface area contributed by atoms with Crippen LogP contribution in [0.1, 0.15) is 11.7 Å². The van der Waals surface area contributed by atoms with Gasteiger partial charge in [0.1, 0.15) is 18.3 Å². The van der Waals surface area contributed by atoms with Crippen LogP contribution < -0.4 is 16.2 Å². The Morgan fingerprint density at radius 3 is 3.46 bits per heavy atom. The van der Waals surface area contributed by atoms with Gasteiger partial charge in [0.25, 0.3) is 0 Å². The Labute approximate surface area is 73.5 Å². The third-order valence-corrected chi connectivity index (χ3v) is 2.39. The molecule has 2 unspecified atom stereocenters. The van der Waals surface area contributed by atoms with Crippen molar-refractivity contribution in [1.82, 2.24) is 30.9 Å². The Kier molecular flexibility index (Phi) is 1.22. The Morgan fingerprint density at radius 1 is 1.62 bits per heavy atom. The number of hydrogen-bond acceptors (Lipinski definition) is 5. The van der Waals surface area contributed by atoms with Gasteiger partial charge in [0.2, 0.25) is 0 Å². The quantitative estimate of drug-likeness (QED) is 0.446. The molecule has 0 bridgehead atoms. The van der Waals surface area contributed by atoms with Gasteiger partial charge in [0, 0.05) is 6.54 Å². The van der Waals surface area contributed by atoms with Gasteiger partial charge in [-0.15, -0.1) is 10.2 Å². The average molecular weight is 180 g/mol. The zero-order valence-electron chi connectivity index (χ0n) is 6.69. The minimum Gasteiger partial charge on any atom is -0.320 e. The van der Waals surface area contributed by atoms with E-state index in [1.807, 2.05) is 0 Å². The Morgan fingerprint density at radius 2 is 2.54 bits per heavy atom. The first-order valence-electron chi connectivity index (χ1n) is 4.05. The molecule has 1 amide bonds. The Bertz CT molecular complexity index is 360. The van der Waals surface area contributed by atoms with Crippen LogP contribution in [0, 0.1) is 0 Å². The molecule has 2 atom stereocenters. The molecule has 0 radical (unpaired) electrons. The zero-order chi connectivity index (χ0) is 8.84. The summed E-state index contributed by atoms with van der Waals surface area (Å²) in [6.45, 7) is 0.754. The van der Waals surface area contributed by atoms with Gasteiger partial charge in [-0.2, -0.15) is 0 Å². The molecule has 0 saturated carbocycles. The first kappa shape index (κ1) is 6.98. The summed E-state index contributed by atoms with van der Waals surface area (Å²) in [5, 5.41) is 10.4. The number of fused-ring (bicyclic) bond motifs is 3. The molecule has 7 heteroatoms. The molecule has 1 saturated heterocycles. The smallest absolute Gasteiger partial charge is 0.320 e. The van der Waals surface area contributed by atoms with E-state index in [4.69, 9.17) is 0 Å². The van der Waals surface area contributed by atoms with Crippen molar-refractivity contribution in [3.63, 3.8) is 0 Å². The lowest BCUT2D eigenvalue weighted by Crippen LogP contribution is -2.51. The van der Waals surface area contributed by atoms with E-state index >= 15 is 0 Å². The van der Waals surface area contributed by atoms with Gasteiger partial charge in [-0.25, -0.2) is 14.8 Å². The van der Waals surface area contributed by atoms with E-state index in [1.165, 1.54) is 10.9 Å². The van der Waals surface area contributed by atoms with Gasteiger partial charge in [-0.05, 0) is 0 Å². The number of amides is 1. The summed E-state index contributed by atoms with van der Waals surface area (Å²) < 4.78 is 1.44. The molecule has 0 aromatic carbocycles. The average Bonchev–Trinajstić information content (AvgIpc) is 2.66. The SMILES string of the molecule is O=C1NC2NNCC2c2nncn21. The molecule has 3 heterocycles. The normalized spacial score (nSPS) is 30.9. The topological polar surface area (TPSA) is 83.9 Å². The molecule has 13 heavy (non-hydrogen) atoms. The molecule has 1 aromatic rings. The zero-order valence-corrected chi connectivity index (χ0v) is 6.69. The van der Waals surface area contributed by atoms with Gasteiger partial charge >= 0.3 is 6.03 Å². The van der Waals surface area contributed by atoms with E-state index < -0.39 is 0 Å². The van der Waals surface area contributed by atoms with Crippen molar-refractivity contribution in [2.45, 2.75) is 12.1 Å². The summed E-state index contributed by atoms with van der Waals surface area (Å²) in [7, 11) is 0. The molecular formula is C6H8N6O. The highest BCUT2D eigenvalue weighted by Gasteiger charge is 2.38. The lowest BCUT2D eigenvalue weighted by molar-refractivity contribution is 0.228. The monoisotopic (exact) mass is 180 g/mol. The third-order valence-electron chi connectivity index (χ3n) is 2.39. The standard InChI is InChI=1S/C6H8N6O/c13-6-9-4-3(1-7-10-4)5-11-8-2-12(5)6/h2-4,7,10H,1H2,(H,9,13). The van der Waals surface area contributed by atoms with Crippen LogP contribution in [0.3, 0.4) is 0 Å².